The summed E-state index contributed by atoms with van der Waals surface area (Å²) in [6, 6.07) is 6.62. The number of anilines is 1. The number of nitrogens with one attached hydrogen (secondary N) is 1. The van der Waals surface area contributed by atoms with Crippen molar-refractivity contribution in [1.29, 1.82) is 0 Å². The van der Waals surface area contributed by atoms with Crippen molar-refractivity contribution in [3.05, 3.63) is 48.0 Å². The van der Waals surface area contributed by atoms with E-state index in [2.05, 4.69) is 10.3 Å². The molecule has 1 aromatic heterocycles. The van der Waals surface area contributed by atoms with Crippen LogP contribution in [0.25, 0.3) is 11.1 Å². The second kappa shape index (κ2) is 3.66. The lowest BCUT2D eigenvalue weighted by atomic mass is 10.0. The normalized spacial score (nSPS) is 13.4. The predicted molar refractivity (Wildman–Crippen MR) is 62.0 cm³/mol. The number of aromatic nitrogens is 1. The quantitative estimate of drug-likeness (QED) is 0.814. The Morgan fingerprint density at radius 2 is 2.24 bits per heavy atom. The fourth-order valence-corrected chi connectivity index (χ4v) is 1.99. The summed E-state index contributed by atoms with van der Waals surface area (Å²) in [5.41, 5.74) is 2.59. The molecule has 4 heteroatoms. The van der Waals surface area contributed by atoms with Gasteiger partial charge in [0.1, 0.15) is 5.82 Å². The summed E-state index contributed by atoms with van der Waals surface area (Å²) in [5, 5.41) is 2.62. The van der Waals surface area contributed by atoms with Crippen LogP contribution in [-0.4, -0.2) is 10.9 Å². The Labute approximate surface area is 97.3 Å². The van der Waals surface area contributed by atoms with Gasteiger partial charge in [-0.25, -0.2) is 4.39 Å². The van der Waals surface area contributed by atoms with Crippen LogP contribution in [0.2, 0.25) is 0 Å². The fourth-order valence-electron chi connectivity index (χ4n) is 1.99. The minimum atomic E-state index is -0.348. The number of hydrogen-bond acceptors (Lipinski definition) is 2. The SMILES string of the molecule is O=C1Cc2cc(-c3cccnc3)c(F)cc2N1. The van der Waals surface area contributed by atoms with Gasteiger partial charge in [0.25, 0.3) is 0 Å². The highest BCUT2D eigenvalue weighted by Crippen LogP contribution is 2.31. The Morgan fingerprint density at radius 1 is 1.35 bits per heavy atom. The molecule has 84 valence electrons. The van der Waals surface area contributed by atoms with Crippen molar-refractivity contribution in [3.8, 4) is 11.1 Å². The maximum Gasteiger partial charge on any atom is 0.228 e. The first-order valence-electron chi connectivity index (χ1n) is 5.27. The minimum absolute atomic E-state index is 0.0947. The van der Waals surface area contributed by atoms with Crippen molar-refractivity contribution in [2.75, 3.05) is 5.32 Å². The molecule has 0 unspecified atom stereocenters. The van der Waals surface area contributed by atoms with Crippen molar-refractivity contribution >= 4 is 11.6 Å². The van der Waals surface area contributed by atoms with Gasteiger partial charge in [0, 0.05) is 29.2 Å². The molecule has 1 N–H and O–H groups in total. The zero-order valence-electron chi connectivity index (χ0n) is 8.90. The molecular weight excluding hydrogens is 219 g/mol. The third kappa shape index (κ3) is 1.67. The Balaban J connectivity index is 2.14. The van der Waals surface area contributed by atoms with Crippen LogP contribution in [-0.2, 0) is 11.2 Å². The molecule has 0 spiro atoms. The standard InChI is InChI=1S/C13H9FN2O/c14-11-6-12-9(5-13(17)16-12)4-10(11)8-2-1-3-15-7-8/h1-4,6-7H,5H2,(H,16,17). The van der Waals surface area contributed by atoms with Gasteiger partial charge in [-0.05, 0) is 23.8 Å². The van der Waals surface area contributed by atoms with Crippen molar-refractivity contribution < 1.29 is 9.18 Å². The van der Waals surface area contributed by atoms with Gasteiger partial charge in [-0.1, -0.05) is 6.07 Å². The molecule has 17 heavy (non-hydrogen) atoms. The molecule has 1 aliphatic heterocycles. The number of benzene rings is 1. The number of rotatable bonds is 1. The van der Waals surface area contributed by atoms with Crippen molar-refractivity contribution in [2.45, 2.75) is 6.42 Å². The maximum absolute atomic E-state index is 13.9. The second-order valence-corrected chi connectivity index (χ2v) is 3.96. The zero-order valence-corrected chi connectivity index (χ0v) is 8.90. The number of carbonyl (C=O) groups is 1. The molecule has 0 saturated carbocycles. The van der Waals surface area contributed by atoms with Crippen molar-refractivity contribution in [3.63, 3.8) is 0 Å². The highest BCUT2D eigenvalue weighted by molar-refractivity contribution is 5.99. The predicted octanol–water partition coefficient (Wildman–Crippen LogP) is 2.38. The largest absolute Gasteiger partial charge is 0.325 e. The molecule has 1 aromatic carbocycles. The van der Waals surface area contributed by atoms with E-state index in [-0.39, 0.29) is 11.7 Å². The molecular formula is C13H9FN2O. The van der Waals surface area contributed by atoms with Crippen molar-refractivity contribution in [2.24, 2.45) is 0 Å². The van der Waals surface area contributed by atoms with E-state index < -0.39 is 0 Å². The molecule has 0 atom stereocenters. The average Bonchev–Trinajstić information content (AvgIpc) is 2.68. The first-order valence-corrected chi connectivity index (χ1v) is 5.27. The second-order valence-electron chi connectivity index (χ2n) is 3.96. The third-order valence-electron chi connectivity index (χ3n) is 2.79. The van der Waals surface area contributed by atoms with E-state index in [1.807, 2.05) is 0 Å². The minimum Gasteiger partial charge on any atom is -0.325 e. The number of hydrogen-bond donors (Lipinski definition) is 1. The van der Waals surface area contributed by atoms with Crippen LogP contribution in [0.5, 0.6) is 0 Å². The summed E-state index contributed by atoms with van der Waals surface area (Å²) in [6.07, 6.45) is 3.55. The van der Waals surface area contributed by atoms with Gasteiger partial charge in [-0.2, -0.15) is 0 Å². The van der Waals surface area contributed by atoms with Gasteiger partial charge >= 0.3 is 0 Å². The van der Waals surface area contributed by atoms with E-state index in [0.29, 0.717) is 23.2 Å². The lowest BCUT2D eigenvalue weighted by Crippen LogP contribution is -2.03. The van der Waals surface area contributed by atoms with Gasteiger partial charge < -0.3 is 5.32 Å². The summed E-state index contributed by atoms with van der Waals surface area (Å²) in [5.74, 6) is -0.443. The van der Waals surface area contributed by atoms with E-state index in [0.717, 1.165) is 5.56 Å². The van der Waals surface area contributed by atoms with Gasteiger partial charge in [0.15, 0.2) is 0 Å². The molecule has 0 bridgehead atoms. The summed E-state index contributed by atoms with van der Waals surface area (Å²) in [4.78, 5) is 15.2. The van der Waals surface area contributed by atoms with E-state index in [1.54, 1.807) is 30.6 Å². The monoisotopic (exact) mass is 228 g/mol. The van der Waals surface area contributed by atoms with Crippen LogP contribution in [0, 0.1) is 5.82 Å². The number of pyridine rings is 1. The highest BCUT2D eigenvalue weighted by Gasteiger charge is 2.20. The Bertz CT molecular complexity index is 596. The Kier molecular flexibility index (Phi) is 2.14. The molecule has 0 radical (unpaired) electrons. The number of halogens is 1. The average molecular weight is 228 g/mol. The molecule has 1 aliphatic rings. The molecule has 0 saturated heterocycles. The molecule has 0 fully saturated rings. The van der Waals surface area contributed by atoms with Crippen LogP contribution in [0.3, 0.4) is 0 Å². The zero-order chi connectivity index (χ0) is 11.8. The van der Waals surface area contributed by atoms with Crippen LogP contribution >= 0.6 is 0 Å². The smallest absolute Gasteiger partial charge is 0.228 e. The van der Waals surface area contributed by atoms with Gasteiger partial charge in [-0.15, -0.1) is 0 Å². The van der Waals surface area contributed by atoms with E-state index in [4.69, 9.17) is 0 Å². The number of fused-ring (bicyclic) bond motifs is 1. The summed E-state index contributed by atoms with van der Waals surface area (Å²) < 4.78 is 13.9. The fraction of sp³-hybridized carbons (Fsp3) is 0.0769. The summed E-state index contributed by atoms with van der Waals surface area (Å²) in [6.45, 7) is 0. The van der Waals surface area contributed by atoms with E-state index in [1.165, 1.54) is 6.07 Å². The maximum atomic E-state index is 13.9. The van der Waals surface area contributed by atoms with Crippen LogP contribution in [0.4, 0.5) is 10.1 Å². The third-order valence-corrected chi connectivity index (χ3v) is 2.79. The van der Waals surface area contributed by atoms with Crippen LogP contribution in [0.15, 0.2) is 36.7 Å². The topological polar surface area (TPSA) is 42.0 Å². The molecule has 3 nitrogen and oxygen atoms in total. The highest BCUT2D eigenvalue weighted by atomic mass is 19.1. The lowest BCUT2D eigenvalue weighted by Gasteiger charge is -2.06. The van der Waals surface area contributed by atoms with E-state index >= 15 is 0 Å². The van der Waals surface area contributed by atoms with Gasteiger partial charge in [0.05, 0.1) is 6.42 Å². The van der Waals surface area contributed by atoms with E-state index in [9.17, 15) is 9.18 Å². The Hall–Kier alpha value is -2.23. The number of nitrogens with zero attached hydrogens (tertiary/aromatic N) is 1. The van der Waals surface area contributed by atoms with Crippen LogP contribution in [0.1, 0.15) is 5.56 Å². The first-order chi connectivity index (χ1) is 8.24. The summed E-state index contributed by atoms with van der Waals surface area (Å²) in [7, 11) is 0. The Morgan fingerprint density at radius 3 is 3.00 bits per heavy atom. The van der Waals surface area contributed by atoms with Crippen LogP contribution < -0.4 is 5.32 Å². The molecule has 0 aliphatic carbocycles. The van der Waals surface area contributed by atoms with Crippen molar-refractivity contribution in [1.82, 2.24) is 4.98 Å². The van der Waals surface area contributed by atoms with Gasteiger partial charge in [-0.3, -0.25) is 9.78 Å². The number of amides is 1. The molecule has 2 aromatic rings. The number of carbonyl (C=O) groups excluding carboxylic acids is 1. The first kappa shape index (κ1) is 9.96. The lowest BCUT2D eigenvalue weighted by molar-refractivity contribution is -0.115. The summed E-state index contributed by atoms with van der Waals surface area (Å²) >= 11 is 0. The molecule has 2 heterocycles. The molecule has 3 rings (SSSR count). The molecule has 1 amide bonds. The van der Waals surface area contributed by atoms with Gasteiger partial charge in [0.2, 0.25) is 5.91 Å².